The van der Waals surface area contributed by atoms with Gasteiger partial charge < -0.3 is 15.0 Å². The smallest absolute Gasteiger partial charge is 0.242 e. The lowest BCUT2D eigenvalue weighted by Crippen LogP contribution is -2.46. The average molecular weight is 423 g/mol. The Labute approximate surface area is 175 Å². The summed E-state index contributed by atoms with van der Waals surface area (Å²) in [7, 11) is 1.54. The topological polar surface area (TPSA) is 58.6 Å². The number of carbonyl (C=O) groups excluding carboxylic acids is 2. The number of likely N-dealkylation sites (N-methyl/N-ethyl adjacent to an activating group) is 1. The summed E-state index contributed by atoms with van der Waals surface area (Å²) in [5.41, 5.74) is 0.621. The van der Waals surface area contributed by atoms with Crippen LogP contribution in [0.4, 0.5) is 0 Å². The van der Waals surface area contributed by atoms with Gasteiger partial charge in [-0.1, -0.05) is 47.5 Å². The summed E-state index contributed by atoms with van der Waals surface area (Å²) in [5.74, 6) is 0.342. The van der Waals surface area contributed by atoms with Crippen LogP contribution in [0.25, 0.3) is 0 Å². The van der Waals surface area contributed by atoms with Gasteiger partial charge in [-0.15, -0.1) is 0 Å². The molecular weight excluding hydrogens is 399 g/mol. The number of amides is 2. The van der Waals surface area contributed by atoms with Crippen LogP contribution in [0.2, 0.25) is 10.0 Å². The van der Waals surface area contributed by atoms with Gasteiger partial charge in [0.05, 0.1) is 6.61 Å². The van der Waals surface area contributed by atoms with E-state index < -0.39 is 6.04 Å². The highest BCUT2D eigenvalue weighted by Gasteiger charge is 2.26. The highest BCUT2D eigenvalue weighted by molar-refractivity contribution is 6.36. The highest BCUT2D eigenvalue weighted by atomic mass is 35.5. The maximum Gasteiger partial charge on any atom is 0.242 e. The predicted octanol–water partition coefficient (Wildman–Crippen LogP) is 4.32. The maximum absolute atomic E-state index is 12.8. The van der Waals surface area contributed by atoms with E-state index in [4.69, 9.17) is 27.9 Å². The Balaban J connectivity index is 2.03. The molecule has 0 fully saturated rings. The van der Waals surface area contributed by atoms with Crippen molar-refractivity contribution in [2.45, 2.75) is 32.4 Å². The average Bonchev–Trinajstić information content (AvgIpc) is 2.70. The summed E-state index contributed by atoms with van der Waals surface area (Å²) in [6.45, 7) is 2.25. The van der Waals surface area contributed by atoms with Crippen LogP contribution in [-0.2, 0) is 16.1 Å². The Morgan fingerprint density at radius 1 is 1.07 bits per heavy atom. The summed E-state index contributed by atoms with van der Waals surface area (Å²) in [5, 5.41) is 3.50. The van der Waals surface area contributed by atoms with Gasteiger partial charge in [-0.05, 0) is 37.6 Å². The van der Waals surface area contributed by atoms with E-state index in [0.717, 1.165) is 5.75 Å². The lowest BCUT2D eigenvalue weighted by molar-refractivity contribution is -0.140. The number of para-hydroxylation sites is 1. The standard InChI is InChI=1S/C21H24Cl2N2O3/c1-15(21(27)24-2)25(14-17-18(22)10-6-11-19(17)23)20(26)12-7-13-28-16-8-4-3-5-9-16/h3-6,8-11,15H,7,12-14H2,1-2H3,(H,24,27). The molecule has 0 aliphatic heterocycles. The number of ether oxygens (including phenoxy) is 1. The molecule has 1 unspecified atom stereocenters. The zero-order valence-corrected chi connectivity index (χ0v) is 17.5. The second-order valence-corrected chi connectivity index (χ2v) is 7.09. The number of hydrogen-bond acceptors (Lipinski definition) is 3. The van der Waals surface area contributed by atoms with Crippen LogP contribution in [0.5, 0.6) is 5.75 Å². The Kier molecular flexibility index (Phi) is 8.61. The van der Waals surface area contributed by atoms with Crippen molar-refractivity contribution in [1.82, 2.24) is 10.2 Å². The molecule has 7 heteroatoms. The summed E-state index contributed by atoms with van der Waals surface area (Å²) in [4.78, 5) is 26.5. The molecule has 0 bridgehead atoms. The molecule has 0 aliphatic rings. The Bertz CT molecular complexity index is 779. The minimum absolute atomic E-state index is 0.158. The Morgan fingerprint density at radius 2 is 1.71 bits per heavy atom. The molecule has 0 aliphatic carbocycles. The molecule has 5 nitrogen and oxygen atoms in total. The van der Waals surface area contributed by atoms with Gasteiger partial charge in [0.25, 0.3) is 0 Å². The lowest BCUT2D eigenvalue weighted by Gasteiger charge is -2.29. The van der Waals surface area contributed by atoms with Crippen molar-refractivity contribution in [2.24, 2.45) is 0 Å². The number of nitrogens with zero attached hydrogens (tertiary/aromatic N) is 1. The molecule has 28 heavy (non-hydrogen) atoms. The van der Waals surface area contributed by atoms with Crippen LogP contribution in [0.3, 0.4) is 0 Å². The monoisotopic (exact) mass is 422 g/mol. The van der Waals surface area contributed by atoms with Crippen LogP contribution in [0, 0.1) is 0 Å². The fourth-order valence-electron chi connectivity index (χ4n) is 2.72. The van der Waals surface area contributed by atoms with Gasteiger partial charge in [0.15, 0.2) is 0 Å². The highest BCUT2D eigenvalue weighted by Crippen LogP contribution is 2.26. The molecule has 0 saturated carbocycles. The molecule has 0 spiro atoms. The number of rotatable bonds is 9. The Morgan fingerprint density at radius 3 is 2.32 bits per heavy atom. The summed E-state index contributed by atoms with van der Waals surface area (Å²) >= 11 is 12.5. The van der Waals surface area contributed by atoms with Gasteiger partial charge in [-0.25, -0.2) is 0 Å². The van der Waals surface area contributed by atoms with Crippen LogP contribution >= 0.6 is 23.2 Å². The van der Waals surface area contributed by atoms with Crippen molar-refractivity contribution in [3.05, 3.63) is 64.1 Å². The summed E-state index contributed by atoms with van der Waals surface area (Å²) in [6.07, 6.45) is 0.775. The van der Waals surface area contributed by atoms with Crippen molar-refractivity contribution >= 4 is 35.0 Å². The van der Waals surface area contributed by atoms with E-state index in [0.29, 0.717) is 28.6 Å². The molecule has 1 N–H and O–H groups in total. The largest absolute Gasteiger partial charge is 0.494 e. The van der Waals surface area contributed by atoms with E-state index in [1.54, 1.807) is 25.1 Å². The third-order valence-corrected chi connectivity index (χ3v) is 5.06. The maximum atomic E-state index is 12.8. The first kappa shape index (κ1) is 22.1. The van der Waals surface area contributed by atoms with Crippen molar-refractivity contribution in [1.29, 1.82) is 0 Å². The molecule has 0 heterocycles. The third kappa shape index (κ3) is 6.14. The molecule has 2 amide bonds. The van der Waals surface area contributed by atoms with Crippen molar-refractivity contribution < 1.29 is 14.3 Å². The SMILES string of the molecule is CNC(=O)C(C)N(Cc1c(Cl)cccc1Cl)C(=O)CCCOc1ccccc1. The number of nitrogens with one attached hydrogen (secondary N) is 1. The van der Waals surface area contributed by atoms with Gasteiger partial charge in [0.2, 0.25) is 11.8 Å². The second-order valence-electron chi connectivity index (χ2n) is 6.28. The lowest BCUT2D eigenvalue weighted by atomic mass is 10.1. The van der Waals surface area contributed by atoms with E-state index in [1.165, 1.54) is 11.9 Å². The van der Waals surface area contributed by atoms with Crippen molar-refractivity contribution in [3.8, 4) is 5.75 Å². The summed E-state index contributed by atoms with van der Waals surface area (Å²) in [6, 6.07) is 13.9. The van der Waals surface area contributed by atoms with Crippen LogP contribution in [0.1, 0.15) is 25.3 Å². The zero-order chi connectivity index (χ0) is 20.5. The molecule has 1 atom stereocenters. The fourth-order valence-corrected chi connectivity index (χ4v) is 3.24. The van der Waals surface area contributed by atoms with Crippen molar-refractivity contribution in [2.75, 3.05) is 13.7 Å². The quantitative estimate of drug-likeness (QED) is 0.612. The van der Waals surface area contributed by atoms with E-state index in [2.05, 4.69) is 5.32 Å². The molecule has 0 saturated heterocycles. The van der Waals surface area contributed by atoms with Gasteiger partial charge in [0.1, 0.15) is 11.8 Å². The third-order valence-electron chi connectivity index (χ3n) is 4.35. The molecule has 2 rings (SSSR count). The second kappa shape index (κ2) is 10.9. The minimum atomic E-state index is -0.653. The van der Waals surface area contributed by atoms with E-state index >= 15 is 0 Å². The Hall–Kier alpha value is -2.24. The summed E-state index contributed by atoms with van der Waals surface area (Å²) < 4.78 is 5.63. The van der Waals surface area contributed by atoms with Crippen LogP contribution in [-0.4, -0.2) is 36.4 Å². The first-order valence-electron chi connectivity index (χ1n) is 9.05. The minimum Gasteiger partial charge on any atom is -0.494 e. The first-order chi connectivity index (χ1) is 13.4. The number of benzene rings is 2. The number of halogens is 2. The van der Waals surface area contributed by atoms with Gasteiger partial charge in [-0.3, -0.25) is 9.59 Å². The van der Waals surface area contributed by atoms with Crippen LogP contribution in [0.15, 0.2) is 48.5 Å². The molecule has 0 radical (unpaired) electrons. The van der Waals surface area contributed by atoms with E-state index in [1.807, 2.05) is 30.3 Å². The van der Waals surface area contributed by atoms with Gasteiger partial charge >= 0.3 is 0 Å². The number of carbonyl (C=O) groups is 2. The molecule has 2 aromatic rings. The van der Waals surface area contributed by atoms with Gasteiger partial charge in [0, 0.05) is 35.6 Å². The van der Waals surface area contributed by atoms with Crippen LogP contribution < -0.4 is 10.1 Å². The van der Waals surface area contributed by atoms with E-state index in [9.17, 15) is 9.59 Å². The fraction of sp³-hybridized carbons (Fsp3) is 0.333. The van der Waals surface area contributed by atoms with E-state index in [-0.39, 0.29) is 24.8 Å². The van der Waals surface area contributed by atoms with Gasteiger partial charge in [-0.2, -0.15) is 0 Å². The molecule has 0 aromatic heterocycles. The number of hydrogen-bond donors (Lipinski definition) is 1. The van der Waals surface area contributed by atoms with Crippen molar-refractivity contribution in [3.63, 3.8) is 0 Å². The molecule has 2 aromatic carbocycles. The zero-order valence-electron chi connectivity index (χ0n) is 16.0. The predicted molar refractivity (Wildman–Crippen MR) is 112 cm³/mol. The normalized spacial score (nSPS) is 11.6. The first-order valence-corrected chi connectivity index (χ1v) is 9.81. The molecule has 150 valence electrons. The molecular formula is C21H24Cl2N2O3.